The number of nitrogens with zero attached hydrogens (tertiary/aromatic N) is 2. The summed E-state index contributed by atoms with van der Waals surface area (Å²) in [6.07, 6.45) is 2.75. The van der Waals surface area contributed by atoms with Crippen LogP contribution < -0.4 is 10.6 Å². The van der Waals surface area contributed by atoms with E-state index in [1.165, 1.54) is 12.1 Å². The van der Waals surface area contributed by atoms with E-state index in [2.05, 4.69) is 15.6 Å². The molecule has 1 atom stereocenters. The second-order valence-electron chi connectivity index (χ2n) is 8.56. The van der Waals surface area contributed by atoms with Crippen molar-refractivity contribution in [2.24, 2.45) is 5.92 Å². The number of rotatable bonds is 13. The van der Waals surface area contributed by atoms with Crippen LogP contribution in [0.4, 0.5) is 4.79 Å². The molecule has 0 aliphatic carbocycles. The molecule has 9 nitrogen and oxygen atoms in total. The van der Waals surface area contributed by atoms with E-state index in [1.54, 1.807) is 30.5 Å². The number of hydrogen-bond donors (Lipinski definition) is 3. The van der Waals surface area contributed by atoms with Gasteiger partial charge >= 0.3 is 12.0 Å². The third-order valence-electron chi connectivity index (χ3n) is 5.15. The largest absolute Gasteiger partial charge is 0.480 e. The molecule has 0 aliphatic heterocycles. The van der Waals surface area contributed by atoms with E-state index in [1.807, 2.05) is 26.8 Å². The molecule has 2 rings (SSSR count). The van der Waals surface area contributed by atoms with Crippen LogP contribution >= 0.6 is 0 Å². The Bertz CT molecular complexity index is 1030. The summed E-state index contributed by atoms with van der Waals surface area (Å²) in [5.74, 6) is -1.23. The van der Waals surface area contributed by atoms with Gasteiger partial charge in [-0.15, -0.1) is 0 Å². The van der Waals surface area contributed by atoms with Gasteiger partial charge in [0.25, 0.3) is 0 Å². The van der Waals surface area contributed by atoms with Crippen molar-refractivity contribution in [3.63, 3.8) is 0 Å². The number of amides is 2. The Morgan fingerprint density at radius 1 is 1.06 bits per heavy atom. The normalized spacial score (nSPS) is 12.5. The fourth-order valence-electron chi connectivity index (χ4n) is 3.39. The number of unbranched alkanes of at least 4 members (excludes halogenated alkanes) is 1. The van der Waals surface area contributed by atoms with Crippen LogP contribution in [0.25, 0.3) is 0 Å². The van der Waals surface area contributed by atoms with Crippen LogP contribution in [0.1, 0.15) is 44.4 Å². The fourth-order valence-corrected chi connectivity index (χ4v) is 5.17. The number of urea groups is 1. The molecule has 0 bridgehead atoms. The Hall–Kier alpha value is -2.98. The predicted molar refractivity (Wildman–Crippen MR) is 130 cm³/mol. The zero-order valence-electron chi connectivity index (χ0n) is 19.9. The lowest BCUT2D eigenvalue weighted by molar-refractivity contribution is -0.141. The molecule has 0 fully saturated rings. The molecule has 1 heterocycles. The molecule has 2 amide bonds. The number of aryl methyl sites for hydroxylation is 1. The minimum atomic E-state index is -3.98. The van der Waals surface area contributed by atoms with Crippen molar-refractivity contribution >= 4 is 22.0 Å². The molecular formula is C24H34N4O5S. The van der Waals surface area contributed by atoms with Gasteiger partial charge in [0.15, 0.2) is 0 Å². The smallest absolute Gasteiger partial charge is 0.322 e. The number of carbonyl (C=O) groups excluding carboxylic acids is 1. The van der Waals surface area contributed by atoms with E-state index in [0.717, 1.165) is 15.6 Å². The first-order valence-corrected chi connectivity index (χ1v) is 12.8. The number of carboxylic acids is 1. The summed E-state index contributed by atoms with van der Waals surface area (Å²) in [6, 6.07) is 10.3. The molecule has 186 valence electrons. The van der Waals surface area contributed by atoms with Crippen LogP contribution in [0, 0.1) is 12.8 Å². The number of hydrogen-bond acceptors (Lipinski definition) is 5. The fraction of sp³-hybridized carbons (Fsp3) is 0.458. The summed E-state index contributed by atoms with van der Waals surface area (Å²) in [7, 11) is -3.98. The van der Waals surface area contributed by atoms with E-state index in [9.17, 15) is 23.1 Å². The highest BCUT2D eigenvalue weighted by Crippen LogP contribution is 2.23. The summed E-state index contributed by atoms with van der Waals surface area (Å²) in [5, 5.41) is 15.3. The quantitative estimate of drug-likeness (QED) is 0.370. The number of aliphatic carboxylic acids is 1. The van der Waals surface area contributed by atoms with E-state index >= 15 is 0 Å². The first-order chi connectivity index (χ1) is 16.1. The minimum Gasteiger partial charge on any atom is -0.480 e. The highest BCUT2D eigenvalue weighted by molar-refractivity contribution is 7.89. The number of nitrogens with one attached hydrogen (secondary N) is 2. The van der Waals surface area contributed by atoms with E-state index in [0.29, 0.717) is 25.9 Å². The van der Waals surface area contributed by atoms with Gasteiger partial charge < -0.3 is 15.7 Å². The predicted octanol–water partition coefficient (Wildman–Crippen LogP) is 3.16. The van der Waals surface area contributed by atoms with Gasteiger partial charge in [0.1, 0.15) is 6.04 Å². The molecule has 0 unspecified atom stereocenters. The topological polar surface area (TPSA) is 129 Å². The SMILES string of the molecule is Cc1ccc(S(=O)(=O)N(CC(C)C)[C@@H](CCCCNC(=O)NCc2ccccn2)C(=O)O)cc1. The zero-order valence-corrected chi connectivity index (χ0v) is 20.7. The van der Waals surface area contributed by atoms with Crippen molar-refractivity contribution in [2.45, 2.75) is 57.5 Å². The molecule has 0 saturated carbocycles. The van der Waals surface area contributed by atoms with Crippen molar-refractivity contribution in [3.05, 3.63) is 59.9 Å². The lowest BCUT2D eigenvalue weighted by atomic mass is 10.1. The van der Waals surface area contributed by atoms with Crippen LogP contribution in [0.15, 0.2) is 53.6 Å². The molecule has 0 aliphatic rings. The number of carbonyl (C=O) groups is 2. The van der Waals surface area contributed by atoms with Gasteiger partial charge in [0, 0.05) is 19.3 Å². The summed E-state index contributed by atoms with van der Waals surface area (Å²) in [4.78, 5) is 28.2. The van der Waals surface area contributed by atoms with Gasteiger partial charge in [-0.1, -0.05) is 37.6 Å². The Labute approximate surface area is 201 Å². The summed E-state index contributed by atoms with van der Waals surface area (Å²) >= 11 is 0. The number of benzene rings is 1. The van der Waals surface area contributed by atoms with Gasteiger partial charge in [-0.05, 0) is 56.4 Å². The van der Waals surface area contributed by atoms with Crippen LogP contribution in [-0.4, -0.2) is 53.9 Å². The van der Waals surface area contributed by atoms with Crippen molar-refractivity contribution in [3.8, 4) is 0 Å². The molecule has 0 spiro atoms. The first-order valence-electron chi connectivity index (χ1n) is 11.3. The van der Waals surface area contributed by atoms with Gasteiger partial charge in [0.05, 0.1) is 17.1 Å². The zero-order chi connectivity index (χ0) is 25.1. The Balaban J connectivity index is 1.93. The Kier molecular flexibility index (Phi) is 10.5. The summed E-state index contributed by atoms with van der Waals surface area (Å²) in [6.45, 7) is 6.30. The monoisotopic (exact) mass is 490 g/mol. The average Bonchev–Trinajstić information content (AvgIpc) is 2.79. The van der Waals surface area contributed by atoms with E-state index < -0.39 is 22.0 Å². The molecule has 2 aromatic rings. The van der Waals surface area contributed by atoms with Crippen molar-refractivity contribution < 1.29 is 23.1 Å². The van der Waals surface area contributed by atoms with Crippen molar-refractivity contribution in [2.75, 3.05) is 13.1 Å². The highest BCUT2D eigenvalue weighted by Gasteiger charge is 2.35. The number of pyridine rings is 1. The summed E-state index contributed by atoms with van der Waals surface area (Å²) in [5.41, 5.74) is 1.66. The van der Waals surface area contributed by atoms with E-state index in [4.69, 9.17) is 0 Å². The molecule has 10 heteroatoms. The standard InChI is InChI=1S/C24H34N4O5S/c1-18(2)17-28(34(32,33)21-12-10-19(3)11-13-21)22(23(29)30)9-5-7-15-26-24(31)27-16-20-8-4-6-14-25-20/h4,6,8,10-14,18,22H,5,7,9,15-17H2,1-3H3,(H,29,30)(H2,26,27,31)/t22-/m0/s1. The number of aromatic nitrogens is 1. The molecule has 3 N–H and O–H groups in total. The van der Waals surface area contributed by atoms with Gasteiger partial charge in [-0.25, -0.2) is 13.2 Å². The number of carboxylic acid groups (broad SMARTS) is 1. The lowest BCUT2D eigenvalue weighted by Crippen LogP contribution is -2.46. The molecule has 34 heavy (non-hydrogen) atoms. The molecule has 1 aromatic heterocycles. The van der Waals surface area contributed by atoms with Crippen LogP contribution in [0.2, 0.25) is 0 Å². The number of sulfonamides is 1. The maximum Gasteiger partial charge on any atom is 0.322 e. The van der Waals surface area contributed by atoms with Gasteiger partial charge in [-0.2, -0.15) is 4.31 Å². The van der Waals surface area contributed by atoms with Crippen LogP contribution in [-0.2, 0) is 21.4 Å². The molecular weight excluding hydrogens is 456 g/mol. The van der Waals surface area contributed by atoms with E-state index in [-0.39, 0.29) is 29.8 Å². The lowest BCUT2D eigenvalue weighted by Gasteiger charge is -2.29. The summed E-state index contributed by atoms with van der Waals surface area (Å²) < 4.78 is 27.7. The average molecular weight is 491 g/mol. The second-order valence-corrected chi connectivity index (χ2v) is 10.5. The second kappa shape index (κ2) is 13.0. The Morgan fingerprint density at radius 3 is 2.35 bits per heavy atom. The van der Waals surface area contributed by atoms with Gasteiger partial charge in [-0.3, -0.25) is 9.78 Å². The third-order valence-corrected chi connectivity index (χ3v) is 7.04. The first kappa shape index (κ1) is 27.3. The molecule has 0 saturated heterocycles. The molecule has 1 aromatic carbocycles. The minimum absolute atomic E-state index is 0.0495. The van der Waals surface area contributed by atoms with Crippen molar-refractivity contribution in [1.29, 1.82) is 0 Å². The molecule has 0 radical (unpaired) electrons. The maximum absolute atomic E-state index is 13.3. The highest BCUT2D eigenvalue weighted by atomic mass is 32.2. The Morgan fingerprint density at radius 2 is 1.76 bits per heavy atom. The van der Waals surface area contributed by atoms with Crippen LogP contribution in [0.5, 0.6) is 0 Å². The third kappa shape index (κ3) is 8.42. The van der Waals surface area contributed by atoms with Crippen molar-refractivity contribution in [1.82, 2.24) is 19.9 Å². The maximum atomic E-state index is 13.3. The van der Waals surface area contributed by atoms with Crippen LogP contribution in [0.3, 0.4) is 0 Å². The van der Waals surface area contributed by atoms with Gasteiger partial charge in [0.2, 0.25) is 10.0 Å².